The van der Waals surface area contributed by atoms with Crippen molar-refractivity contribution in [2.24, 2.45) is 5.41 Å². The summed E-state index contributed by atoms with van der Waals surface area (Å²) in [6.45, 7) is 3.82. The van der Waals surface area contributed by atoms with Crippen molar-refractivity contribution in [3.8, 4) is 0 Å². The fraction of sp³-hybridized carbons (Fsp3) is 0.364. The van der Waals surface area contributed by atoms with Gasteiger partial charge in [0, 0.05) is 10.0 Å². The van der Waals surface area contributed by atoms with Crippen LogP contribution in [0.25, 0.3) is 0 Å². The van der Waals surface area contributed by atoms with Crippen LogP contribution in [-0.4, -0.2) is 5.91 Å². The van der Waals surface area contributed by atoms with Gasteiger partial charge in [0.2, 0.25) is 5.91 Å². The third kappa shape index (κ3) is 1.72. The van der Waals surface area contributed by atoms with Crippen LogP contribution in [0.3, 0.4) is 0 Å². The molecule has 1 aliphatic rings. The van der Waals surface area contributed by atoms with Crippen LogP contribution >= 0.6 is 23.2 Å². The van der Waals surface area contributed by atoms with Crippen molar-refractivity contribution in [3.63, 3.8) is 0 Å². The van der Waals surface area contributed by atoms with Gasteiger partial charge in [-0.1, -0.05) is 23.2 Å². The molecule has 4 heteroatoms. The minimum atomic E-state index is -0.381. The quantitative estimate of drug-likeness (QED) is 0.755. The molecule has 0 radical (unpaired) electrons. The van der Waals surface area contributed by atoms with Crippen molar-refractivity contribution in [1.29, 1.82) is 0 Å². The van der Waals surface area contributed by atoms with Gasteiger partial charge in [0.15, 0.2) is 0 Å². The van der Waals surface area contributed by atoms with E-state index >= 15 is 0 Å². The van der Waals surface area contributed by atoms with E-state index in [9.17, 15) is 4.79 Å². The second-order valence-corrected chi connectivity index (χ2v) is 5.20. The number of hydrogen-bond acceptors (Lipinski definition) is 1. The second kappa shape index (κ2) is 3.39. The number of carbonyl (C=O) groups excluding carboxylic acids is 1. The zero-order chi connectivity index (χ0) is 11.2. The monoisotopic (exact) mass is 243 g/mol. The zero-order valence-electron chi connectivity index (χ0n) is 8.47. The lowest BCUT2D eigenvalue weighted by Crippen LogP contribution is -2.57. The van der Waals surface area contributed by atoms with Crippen LogP contribution in [0.15, 0.2) is 18.2 Å². The normalized spacial score (nSPS) is 23.2. The van der Waals surface area contributed by atoms with E-state index < -0.39 is 0 Å². The summed E-state index contributed by atoms with van der Waals surface area (Å²) in [5, 5.41) is 4.03. The lowest BCUT2D eigenvalue weighted by molar-refractivity contribution is -0.143. The maximum absolute atomic E-state index is 11.3. The summed E-state index contributed by atoms with van der Waals surface area (Å²) in [5.41, 5.74) is 0.575. The van der Waals surface area contributed by atoms with Gasteiger partial charge in [0.05, 0.1) is 11.5 Å². The van der Waals surface area contributed by atoms with Gasteiger partial charge < -0.3 is 5.32 Å². The van der Waals surface area contributed by atoms with Crippen molar-refractivity contribution in [1.82, 2.24) is 5.32 Å². The molecule has 0 bridgehead atoms. The molecule has 1 aromatic rings. The minimum absolute atomic E-state index is 0.00111. The highest BCUT2D eigenvalue weighted by molar-refractivity contribution is 6.34. The molecule has 80 valence electrons. The maximum Gasteiger partial charge on any atom is 0.228 e. The first kappa shape index (κ1) is 10.8. The third-order valence-corrected chi connectivity index (χ3v) is 3.24. The maximum atomic E-state index is 11.3. The van der Waals surface area contributed by atoms with Crippen LogP contribution in [0.2, 0.25) is 10.0 Å². The average molecular weight is 244 g/mol. The van der Waals surface area contributed by atoms with E-state index in [4.69, 9.17) is 23.2 Å². The van der Waals surface area contributed by atoms with Crippen molar-refractivity contribution in [3.05, 3.63) is 33.8 Å². The van der Waals surface area contributed by atoms with Crippen LogP contribution in [0.4, 0.5) is 0 Å². The molecular weight excluding hydrogens is 233 g/mol. The predicted octanol–water partition coefficient (Wildman–Crippen LogP) is 3.19. The van der Waals surface area contributed by atoms with Gasteiger partial charge in [-0.05, 0) is 37.6 Å². The summed E-state index contributed by atoms with van der Waals surface area (Å²) in [4.78, 5) is 11.3. The molecule has 2 nitrogen and oxygen atoms in total. The third-order valence-electron chi connectivity index (χ3n) is 2.80. The highest BCUT2D eigenvalue weighted by atomic mass is 35.5. The Bertz CT molecular complexity index is 408. The predicted molar refractivity (Wildman–Crippen MR) is 61.1 cm³/mol. The number of nitrogens with one attached hydrogen (secondary N) is 1. The molecule has 1 fully saturated rings. The van der Waals surface area contributed by atoms with Gasteiger partial charge in [-0.2, -0.15) is 0 Å². The molecule has 1 atom stereocenters. The van der Waals surface area contributed by atoms with Crippen molar-refractivity contribution in [2.75, 3.05) is 0 Å². The molecule has 1 amide bonds. The summed E-state index contributed by atoms with van der Waals surface area (Å²) >= 11 is 11.8. The molecule has 1 saturated heterocycles. The molecule has 0 aromatic heterocycles. The van der Waals surface area contributed by atoms with Gasteiger partial charge in [-0.3, -0.25) is 4.79 Å². The molecular formula is C11H11Cl2NO. The molecule has 0 aliphatic carbocycles. The molecule has 1 N–H and O–H groups in total. The molecule has 15 heavy (non-hydrogen) atoms. The first-order valence-electron chi connectivity index (χ1n) is 4.68. The SMILES string of the molecule is CC1(C)C(=O)N[C@H]1c1cc(Cl)cc(Cl)c1. The highest BCUT2D eigenvalue weighted by Crippen LogP contribution is 2.42. The number of amides is 1. The van der Waals surface area contributed by atoms with Crippen LogP contribution in [0.1, 0.15) is 25.5 Å². The Hall–Kier alpha value is -0.730. The van der Waals surface area contributed by atoms with Gasteiger partial charge >= 0.3 is 0 Å². The van der Waals surface area contributed by atoms with Gasteiger partial charge in [-0.25, -0.2) is 0 Å². The van der Waals surface area contributed by atoms with E-state index in [1.165, 1.54) is 0 Å². The van der Waals surface area contributed by atoms with Crippen molar-refractivity contribution < 1.29 is 4.79 Å². The van der Waals surface area contributed by atoms with E-state index in [0.29, 0.717) is 10.0 Å². The van der Waals surface area contributed by atoms with Crippen LogP contribution in [0, 0.1) is 5.41 Å². The average Bonchev–Trinajstić information content (AvgIpc) is 2.12. The van der Waals surface area contributed by atoms with E-state index in [2.05, 4.69) is 5.32 Å². The lowest BCUT2D eigenvalue weighted by atomic mass is 9.73. The molecule has 1 aliphatic heterocycles. The first-order chi connectivity index (χ1) is 6.91. The Morgan fingerprint density at radius 3 is 2.13 bits per heavy atom. The Balaban J connectivity index is 2.36. The van der Waals surface area contributed by atoms with E-state index in [1.807, 2.05) is 26.0 Å². The summed E-state index contributed by atoms with van der Waals surface area (Å²) in [6.07, 6.45) is 0. The van der Waals surface area contributed by atoms with E-state index in [1.54, 1.807) is 6.07 Å². The standard InChI is InChI=1S/C11H11Cl2NO/c1-11(2)9(14-10(11)15)6-3-7(12)5-8(13)4-6/h3-5,9H,1-2H3,(H,14,15)/t9-/m0/s1. The summed E-state index contributed by atoms with van der Waals surface area (Å²) in [5.74, 6) is 0.0589. The number of benzene rings is 1. The van der Waals surface area contributed by atoms with E-state index in [-0.39, 0.29) is 17.4 Å². The number of halogens is 2. The summed E-state index contributed by atoms with van der Waals surface area (Å²) < 4.78 is 0. The van der Waals surface area contributed by atoms with Crippen LogP contribution in [0.5, 0.6) is 0 Å². The van der Waals surface area contributed by atoms with Gasteiger partial charge in [-0.15, -0.1) is 0 Å². The number of carbonyl (C=O) groups is 1. The largest absolute Gasteiger partial charge is 0.348 e. The van der Waals surface area contributed by atoms with Crippen molar-refractivity contribution >= 4 is 29.1 Å². The fourth-order valence-electron chi connectivity index (χ4n) is 1.79. The molecule has 2 rings (SSSR count). The Morgan fingerprint density at radius 1 is 1.20 bits per heavy atom. The Kier molecular flexibility index (Phi) is 2.44. The highest BCUT2D eigenvalue weighted by Gasteiger charge is 2.47. The number of hydrogen-bond donors (Lipinski definition) is 1. The molecule has 1 heterocycles. The topological polar surface area (TPSA) is 29.1 Å². The number of rotatable bonds is 1. The smallest absolute Gasteiger partial charge is 0.228 e. The van der Waals surface area contributed by atoms with Crippen molar-refractivity contribution in [2.45, 2.75) is 19.9 Å². The van der Waals surface area contributed by atoms with Crippen LogP contribution in [-0.2, 0) is 4.79 Å². The molecule has 0 saturated carbocycles. The second-order valence-electron chi connectivity index (χ2n) is 4.33. The Labute approximate surface area is 98.6 Å². The zero-order valence-corrected chi connectivity index (χ0v) is 9.99. The molecule has 0 spiro atoms. The van der Waals surface area contributed by atoms with Crippen LogP contribution < -0.4 is 5.32 Å². The molecule has 0 unspecified atom stereocenters. The minimum Gasteiger partial charge on any atom is -0.348 e. The lowest BCUT2D eigenvalue weighted by Gasteiger charge is -2.44. The summed E-state index contributed by atoms with van der Waals surface area (Å²) in [7, 11) is 0. The fourth-order valence-corrected chi connectivity index (χ4v) is 2.34. The van der Waals surface area contributed by atoms with E-state index in [0.717, 1.165) is 5.56 Å². The molecule has 1 aromatic carbocycles. The van der Waals surface area contributed by atoms with Gasteiger partial charge in [0.25, 0.3) is 0 Å². The van der Waals surface area contributed by atoms with Gasteiger partial charge in [0.1, 0.15) is 0 Å². The Morgan fingerprint density at radius 2 is 1.73 bits per heavy atom. The first-order valence-corrected chi connectivity index (χ1v) is 5.44. The number of β-lactam (4-membered cyclic amide) rings is 1. The summed E-state index contributed by atoms with van der Waals surface area (Å²) in [6, 6.07) is 5.35.